The number of ether oxygens (including phenoxy) is 2. The molecule has 7 nitrogen and oxygen atoms in total. The van der Waals surface area contributed by atoms with Crippen LogP contribution in [0.15, 0.2) is 36.7 Å². The van der Waals surface area contributed by atoms with Crippen LogP contribution in [-0.4, -0.2) is 49.8 Å². The summed E-state index contributed by atoms with van der Waals surface area (Å²) in [6, 6.07) is 7.65. The SMILES string of the molecule is CCS(=O)(=O)NC1CCOCC1COc1ccc(-c2cnn(C)c2)cc1. The van der Waals surface area contributed by atoms with Gasteiger partial charge in [-0.3, -0.25) is 4.68 Å². The highest BCUT2D eigenvalue weighted by Crippen LogP contribution is 2.23. The lowest BCUT2D eigenvalue weighted by Crippen LogP contribution is -2.47. The van der Waals surface area contributed by atoms with E-state index in [0.29, 0.717) is 26.2 Å². The first-order valence-electron chi connectivity index (χ1n) is 8.76. The lowest BCUT2D eigenvalue weighted by atomic mass is 9.98. The van der Waals surface area contributed by atoms with Gasteiger partial charge in [-0.25, -0.2) is 13.1 Å². The van der Waals surface area contributed by atoms with Gasteiger partial charge >= 0.3 is 0 Å². The molecule has 0 aliphatic carbocycles. The minimum atomic E-state index is -3.24. The Morgan fingerprint density at radius 3 is 2.73 bits per heavy atom. The fraction of sp³-hybridized carbons (Fsp3) is 0.500. The van der Waals surface area contributed by atoms with E-state index in [9.17, 15) is 8.42 Å². The number of benzene rings is 1. The van der Waals surface area contributed by atoms with Gasteiger partial charge in [0.15, 0.2) is 0 Å². The van der Waals surface area contributed by atoms with E-state index in [0.717, 1.165) is 16.9 Å². The van der Waals surface area contributed by atoms with E-state index in [1.165, 1.54) is 0 Å². The summed E-state index contributed by atoms with van der Waals surface area (Å²) in [6.45, 7) is 3.10. The van der Waals surface area contributed by atoms with Gasteiger partial charge in [0.25, 0.3) is 0 Å². The summed E-state index contributed by atoms with van der Waals surface area (Å²) in [5.74, 6) is 0.816. The van der Waals surface area contributed by atoms with Gasteiger partial charge in [0.1, 0.15) is 5.75 Å². The maximum absolute atomic E-state index is 11.9. The number of nitrogens with one attached hydrogen (secondary N) is 1. The summed E-state index contributed by atoms with van der Waals surface area (Å²) in [4.78, 5) is 0. The second-order valence-corrected chi connectivity index (χ2v) is 8.53. The fourth-order valence-electron chi connectivity index (χ4n) is 2.95. The van der Waals surface area contributed by atoms with Crippen LogP contribution in [0.3, 0.4) is 0 Å². The molecule has 1 aliphatic rings. The Hall–Kier alpha value is -1.90. The normalized spacial score (nSPS) is 20.8. The lowest BCUT2D eigenvalue weighted by molar-refractivity contribution is 0.0186. The number of sulfonamides is 1. The molecular weight excluding hydrogens is 354 g/mol. The van der Waals surface area contributed by atoms with Crippen LogP contribution in [0.4, 0.5) is 0 Å². The third kappa shape index (κ3) is 4.84. The number of rotatable bonds is 7. The summed E-state index contributed by atoms with van der Waals surface area (Å²) in [5.41, 5.74) is 2.12. The van der Waals surface area contributed by atoms with Crippen LogP contribution >= 0.6 is 0 Å². The number of aryl methyl sites for hydroxylation is 1. The third-order valence-corrected chi connectivity index (χ3v) is 5.96. The zero-order chi connectivity index (χ0) is 18.6. The fourth-order valence-corrected chi connectivity index (χ4v) is 3.89. The Kier molecular flexibility index (Phi) is 5.95. The van der Waals surface area contributed by atoms with E-state index in [1.807, 2.05) is 43.7 Å². The number of hydrogen-bond donors (Lipinski definition) is 1. The van der Waals surface area contributed by atoms with Crippen molar-refractivity contribution in [2.24, 2.45) is 13.0 Å². The quantitative estimate of drug-likeness (QED) is 0.793. The summed E-state index contributed by atoms with van der Waals surface area (Å²) in [6.07, 6.45) is 4.44. The minimum absolute atomic E-state index is 0.0110. The lowest BCUT2D eigenvalue weighted by Gasteiger charge is -2.31. The summed E-state index contributed by atoms with van der Waals surface area (Å²) < 4.78 is 39.6. The number of aromatic nitrogens is 2. The molecule has 0 amide bonds. The van der Waals surface area contributed by atoms with Crippen molar-refractivity contribution in [3.05, 3.63) is 36.7 Å². The van der Waals surface area contributed by atoms with Gasteiger partial charge in [-0.1, -0.05) is 12.1 Å². The van der Waals surface area contributed by atoms with Crippen LogP contribution in [0.25, 0.3) is 11.1 Å². The first-order valence-corrected chi connectivity index (χ1v) is 10.4. The zero-order valence-electron chi connectivity index (χ0n) is 15.1. The standard InChI is InChI=1S/C18H25N3O4S/c1-3-26(22,23)20-18-8-9-24-12-16(18)13-25-17-6-4-14(5-7-17)15-10-19-21(2)11-15/h4-7,10-11,16,18,20H,3,8-9,12-13H2,1-2H3. The molecule has 1 saturated heterocycles. The highest BCUT2D eigenvalue weighted by atomic mass is 32.2. The van der Waals surface area contributed by atoms with Gasteiger partial charge < -0.3 is 9.47 Å². The minimum Gasteiger partial charge on any atom is -0.493 e. The molecule has 2 unspecified atom stereocenters. The first kappa shape index (κ1) is 18.9. The van der Waals surface area contributed by atoms with Crippen LogP contribution in [0, 0.1) is 5.92 Å². The maximum atomic E-state index is 11.9. The van der Waals surface area contributed by atoms with E-state index in [4.69, 9.17) is 9.47 Å². The largest absolute Gasteiger partial charge is 0.493 e. The van der Waals surface area contributed by atoms with E-state index < -0.39 is 10.0 Å². The molecule has 2 atom stereocenters. The number of nitrogens with zero attached hydrogens (tertiary/aromatic N) is 2. The molecule has 8 heteroatoms. The molecule has 3 rings (SSSR count). The van der Waals surface area contributed by atoms with E-state index in [2.05, 4.69) is 9.82 Å². The Labute approximate surface area is 154 Å². The summed E-state index contributed by atoms with van der Waals surface area (Å²) >= 11 is 0. The Balaban J connectivity index is 1.60. The van der Waals surface area contributed by atoms with Crippen molar-refractivity contribution >= 4 is 10.0 Å². The van der Waals surface area contributed by atoms with Crippen molar-refractivity contribution < 1.29 is 17.9 Å². The van der Waals surface area contributed by atoms with E-state index in [-0.39, 0.29) is 17.7 Å². The Morgan fingerprint density at radius 2 is 2.08 bits per heavy atom. The molecule has 0 bridgehead atoms. The highest BCUT2D eigenvalue weighted by molar-refractivity contribution is 7.89. The van der Waals surface area contributed by atoms with Crippen molar-refractivity contribution in [3.8, 4) is 16.9 Å². The van der Waals surface area contributed by atoms with Gasteiger partial charge in [-0.05, 0) is 31.0 Å². The monoisotopic (exact) mass is 379 g/mol. The van der Waals surface area contributed by atoms with Crippen LogP contribution in [0.2, 0.25) is 0 Å². The van der Waals surface area contributed by atoms with Crippen LogP contribution in [-0.2, 0) is 21.8 Å². The second kappa shape index (κ2) is 8.20. The molecule has 142 valence electrons. The Bertz CT molecular complexity index is 817. The molecule has 2 aromatic rings. The van der Waals surface area contributed by atoms with E-state index in [1.54, 1.807) is 11.6 Å². The van der Waals surface area contributed by atoms with Gasteiger partial charge in [0.05, 0.1) is 25.2 Å². The highest BCUT2D eigenvalue weighted by Gasteiger charge is 2.29. The van der Waals surface area contributed by atoms with Crippen molar-refractivity contribution in [1.29, 1.82) is 0 Å². The average Bonchev–Trinajstić information content (AvgIpc) is 3.07. The molecule has 0 saturated carbocycles. The predicted octanol–water partition coefficient (Wildman–Crippen LogP) is 1.81. The first-order chi connectivity index (χ1) is 12.5. The number of hydrogen-bond acceptors (Lipinski definition) is 5. The second-order valence-electron chi connectivity index (χ2n) is 6.49. The molecule has 2 heterocycles. The van der Waals surface area contributed by atoms with Gasteiger partial charge in [-0.2, -0.15) is 5.10 Å². The zero-order valence-corrected chi connectivity index (χ0v) is 15.9. The third-order valence-electron chi connectivity index (χ3n) is 4.54. The smallest absolute Gasteiger partial charge is 0.211 e. The molecular formula is C18H25N3O4S. The van der Waals surface area contributed by atoms with Crippen molar-refractivity contribution in [2.75, 3.05) is 25.6 Å². The van der Waals surface area contributed by atoms with Gasteiger partial charge in [0, 0.05) is 37.4 Å². The molecule has 1 aromatic heterocycles. The topological polar surface area (TPSA) is 82.5 Å². The van der Waals surface area contributed by atoms with Gasteiger partial charge in [0.2, 0.25) is 10.0 Å². The van der Waals surface area contributed by atoms with Crippen LogP contribution < -0.4 is 9.46 Å². The molecule has 1 N–H and O–H groups in total. The summed E-state index contributed by atoms with van der Waals surface area (Å²) in [5, 5.41) is 4.17. The van der Waals surface area contributed by atoms with Crippen LogP contribution in [0.5, 0.6) is 5.75 Å². The van der Waals surface area contributed by atoms with Crippen molar-refractivity contribution in [2.45, 2.75) is 19.4 Å². The molecule has 1 aliphatic heterocycles. The molecule has 0 spiro atoms. The Morgan fingerprint density at radius 1 is 1.31 bits per heavy atom. The maximum Gasteiger partial charge on any atom is 0.211 e. The van der Waals surface area contributed by atoms with E-state index >= 15 is 0 Å². The average molecular weight is 379 g/mol. The molecule has 1 aromatic carbocycles. The van der Waals surface area contributed by atoms with Gasteiger partial charge in [-0.15, -0.1) is 0 Å². The molecule has 26 heavy (non-hydrogen) atoms. The van der Waals surface area contributed by atoms with Crippen LogP contribution in [0.1, 0.15) is 13.3 Å². The molecule has 0 radical (unpaired) electrons. The summed E-state index contributed by atoms with van der Waals surface area (Å²) in [7, 11) is -1.35. The predicted molar refractivity (Wildman–Crippen MR) is 99.4 cm³/mol. The van der Waals surface area contributed by atoms with Crippen molar-refractivity contribution in [1.82, 2.24) is 14.5 Å². The van der Waals surface area contributed by atoms with Crippen molar-refractivity contribution in [3.63, 3.8) is 0 Å². The molecule has 1 fully saturated rings.